The highest BCUT2D eigenvalue weighted by molar-refractivity contribution is 6.35. The van der Waals surface area contributed by atoms with E-state index in [9.17, 15) is 4.79 Å². The Hall–Kier alpha value is -1.23. The minimum atomic E-state index is -0.285. The molecule has 1 aromatic carbocycles. The van der Waals surface area contributed by atoms with Crippen molar-refractivity contribution in [1.29, 1.82) is 0 Å². The van der Waals surface area contributed by atoms with E-state index in [1.165, 1.54) is 0 Å². The summed E-state index contributed by atoms with van der Waals surface area (Å²) in [5.41, 5.74) is 6.96. The van der Waals surface area contributed by atoms with E-state index in [1.54, 1.807) is 6.07 Å². The third-order valence-electron chi connectivity index (χ3n) is 4.45. The van der Waals surface area contributed by atoms with Gasteiger partial charge in [-0.3, -0.25) is 4.79 Å². The average molecular weight is 343 g/mol. The van der Waals surface area contributed by atoms with Crippen LogP contribution in [0, 0.1) is 6.92 Å². The van der Waals surface area contributed by atoms with E-state index in [2.05, 4.69) is 5.32 Å². The van der Waals surface area contributed by atoms with Crippen molar-refractivity contribution in [2.45, 2.75) is 38.1 Å². The number of para-hydroxylation sites is 1. The van der Waals surface area contributed by atoms with Crippen molar-refractivity contribution in [2.75, 3.05) is 6.54 Å². The third-order valence-corrected chi connectivity index (χ3v) is 4.75. The predicted molar refractivity (Wildman–Crippen MR) is 90.9 cm³/mol. The van der Waals surface area contributed by atoms with Crippen molar-refractivity contribution in [3.05, 3.63) is 34.5 Å². The fraction of sp³-hybridized carbons (Fsp3) is 0.438. The molecule has 0 aliphatic heterocycles. The predicted octanol–water partition coefficient (Wildman–Crippen LogP) is 3.82. The first-order valence-electron chi connectivity index (χ1n) is 7.26. The molecule has 0 saturated heterocycles. The summed E-state index contributed by atoms with van der Waals surface area (Å²) in [7, 11) is 0. The van der Waals surface area contributed by atoms with Gasteiger partial charge in [0, 0.05) is 17.5 Å². The van der Waals surface area contributed by atoms with E-state index in [4.69, 9.17) is 21.8 Å². The Balaban J connectivity index is 0.00000176. The van der Waals surface area contributed by atoms with E-state index < -0.39 is 0 Å². The number of furan rings is 1. The van der Waals surface area contributed by atoms with Crippen molar-refractivity contribution in [3.63, 3.8) is 0 Å². The maximum atomic E-state index is 12.6. The highest BCUT2D eigenvalue weighted by Gasteiger charge is 2.35. The molecule has 1 saturated carbocycles. The Morgan fingerprint density at radius 3 is 2.68 bits per heavy atom. The van der Waals surface area contributed by atoms with Gasteiger partial charge >= 0.3 is 0 Å². The zero-order valence-electron chi connectivity index (χ0n) is 12.4. The largest absolute Gasteiger partial charge is 0.449 e. The summed E-state index contributed by atoms with van der Waals surface area (Å²) >= 11 is 6.13. The number of hydrogen-bond donors (Lipinski definition) is 2. The summed E-state index contributed by atoms with van der Waals surface area (Å²) < 4.78 is 5.71. The highest BCUT2D eigenvalue weighted by atomic mass is 35.5. The first kappa shape index (κ1) is 17.1. The van der Waals surface area contributed by atoms with Crippen LogP contribution in [-0.4, -0.2) is 18.0 Å². The lowest BCUT2D eigenvalue weighted by molar-refractivity contribution is 0.0876. The quantitative estimate of drug-likeness (QED) is 0.890. The lowest BCUT2D eigenvalue weighted by atomic mass is 9.97. The summed E-state index contributed by atoms with van der Waals surface area (Å²) in [6, 6.07) is 5.52. The molecule has 0 atom stereocenters. The van der Waals surface area contributed by atoms with E-state index in [0.717, 1.165) is 36.6 Å². The van der Waals surface area contributed by atoms with Gasteiger partial charge in [0.2, 0.25) is 0 Å². The molecule has 1 fully saturated rings. The van der Waals surface area contributed by atoms with Gasteiger partial charge in [-0.1, -0.05) is 36.6 Å². The summed E-state index contributed by atoms with van der Waals surface area (Å²) in [5.74, 6) is 0.130. The maximum absolute atomic E-state index is 12.6. The molecule has 1 amide bonds. The van der Waals surface area contributed by atoms with Crippen LogP contribution in [0.5, 0.6) is 0 Å². The molecule has 0 unspecified atom stereocenters. The number of hydrogen-bond acceptors (Lipinski definition) is 3. The van der Waals surface area contributed by atoms with Crippen LogP contribution in [0.25, 0.3) is 11.0 Å². The zero-order valence-corrected chi connectivity index (χ0v) is 14.0. The molecule has 22 heavy (non-hydrogen) atoms. The van der Waals surface area contributed by atoms with Gasteiger partial charge in [-0.2, -0.15) is 0 Å². The molecule has 1 aliphatic rings. The molecular weight excluding hydrogens is 323 g/mol. The van der Waals surface area contributed by atoms with Crippen LogP contribution < -0.4 is 11.1 Å². The number of benzene rings is 1. The molecule has 0 spiro atoms. The van der Waals surface area contributed by atoms with Gasteiger partial charge in [0.25, 0.3) is 5.91 Å². The van der Waals surface area contributed by atoms with Crippen molar-refractivity contribution in [1.82, 2.24) is 5.32 Å². The first-order chi connectivity index (χ1) is 10.1. The van der Waals surface area contributed by atoms with Gasteiger partial charge < -0.3 is 15.5 Å². The molecular formula is C16H20Cl2N2O2. The van der Waals surface area contributed by atoms with Crippen LogP contribution in [0.15, 0.2) is 22.6 Å². The minimum absolute atomic E-state index is 0. The zero-order chi connectivity index (χ0) is 15.0. The number of halogens is 2. The molecule has 4 nitrogen and oxygen atoms in total. The van der Waals surface area contributed by atoms with Gasteiger partial charge in [0.05, 0.1) is 10.6 Å². The smallest absolute Gasteiger partial charge is 0.287 e. The van der Waals surface area contributed by atoms with Crippen molar-refractivity contribution in [2.24, 2.45) is 5.73 Å². The minimum Gasteiger partial charge on any atom is -0.449 e. The second-order valence-corrected chi connectivity index (χ2v) is 6.23. The van der Waals surface area contributed by atoms with E-state index in [1.807, 2.05) is 19.1 Å². The van der Waals surface area contributed by atoms with Gasteiger partial charge in [0.15, 0.2) is 11.3 Å². The van der Waals surface area contributed by atoms with Crippen LogP contribution in [0.4, 0.5) is 0 Å². The Morgan fingerprint density at radius 2 is 2.09 bits per heavy atom. The molecule has 1 aliphatic carbocycles. The van der Waals surface area contributed by atoms with Crippen molar-refractivity contribution >= 4 is 40.9 Å². The van der Waals surface area contributed by atoms with Crippen LogP contribution in [0.1, 0.15) is 41.8 Å². The lowest BCUT2D eigenvalue weighted by Gasteiger charge is -2.28. The number of nitrogens with one attached hydrogen (secondary N) is 1. The second kappa shape index (κ2) is 6.49. The van der Waals surface area contributed by atoms with Gasteiger partial charge in [-0.15, -0.1) is 12.4 Å². The SMILES string of the molecule is Cc1c(C(=O)NC2(CN)CCCC2)oc2c(Cl)cccc12.Cl. The lowest BCUT2D eigenvalue weighted by Crippen LogP contribution is -2.51. The molecule has 3 rings (SSSR count). The third kappa shape index (κ3) is 2.83. The Kier molecular flexibility index (Phi) is 5.05. The van der Waals surface area contributed by atoms with Crippen molar-refractivity contribution in [3.8, 4) is 0 Å². The monoisotopic (exact) mass is 342 g/mol. The second-order valence-electron chi connectivity index (χ2n) is 5.82. The molecule has 3 N–H and O–H groups in total. The van der Waals surface area contributed by atoms with Crippen LogP contribution >= 0.6 is 24.0 Å². The number of rotatable bonds is 3. The Morgan fingerprint density at radius 1 is 1.41 bits per heavy atom. The maximum Gasteiger partial charge on any atom is 0.287 e. The van der Waals surface area contributed by atoms with Crippen LogP contribution in [0.3, 0.4) is 0 Å². The molecule has 2 aromatic rings. The molecule has 0 radical (unpaired) electrons. The number of aryl methyl sites for hydroxylation is 1. The van der Waals surface area contributed by atoms with E-state index in [-0.39, 0.29) is 23.9 Å². The summed E-state index contributed by atoms with van der Waals surface area (Å²) in [6.07, 6.45) is 4.05. The van der Waals surface area contributed by atoms with Gasteiger partial charge in [-0.25, -0.2) is 0 Å². The fourth-order valence-corrected chi connectivity index (χ4v) is 3.37. The average Bonchev–Trinajstić information content (AvgIpc) is 3.06. The van der Waals surface area contributed by atoms with Crippen LogP contribution in [-0.2, 0) is 0 Å². The van der Waals surface area contributed by atoms with Gasteiger partial charge in [-0.05, 0) is 25.8 Å². The number of carbonyl (C=O) groups is 1. The topological polar surface area (TPSA) is 68.3 Å². The number of carbonyl (C=O) groups excluding carboxylic acids is 1. The number of nitrogens with two attached hydrogens (primary N) is 1. The van der Waals surface area contributed by atoms with Crippen LogP contribution in [0.2, 0.25) is 5.02 Å². The summed E-state index contributed by atoms with van der Waals surface area (Å²) in [5, 5.41) is 4.47. The number of fused-ring (bicyclic) bond motifs is 1. The van der Waals surface area contributed by atoms with E-state index in [0.29, 0.717) is 22.9 Å². The van der Waals surface area contributed by atoms with Gasteiger partial charge in [0.1, 0.15) is 0 Å². The summed E-state index contributed by atoms with van der Waals surface area (Å²) in [6.45, 7) is 2.33. The summed E-state index contributed by atoms with van der Waals surface area (Å²) in [4.78, 5) is 12.6. The first-order valence-corrected chi connectivity index (χ1v) is 7.64. The molecule has 6 heteroatoms. The molecule has 120 valence electrons. The van der Waals surface area contributed by atoms with Crippen molar-refractivity contribution < 1.29 is 9.21 Å². The molecule has 1 aromatic heterocycles. The molecule has 0 bridgehead atoms. The molecule has 1 heterocycles. The number of amides is 1. The normalized spacial score (nSPS) is 16.5. The van der Waals surface area contributed by atoms with E-state index >= 15 is 0 Å². The Labute approximate surface area is 140 Å². The Bertz CT molecular complexity index is 691. The fourth-order valence-electron chi connectivity index (χ4n) is 3.15. The standard InChI is InChI=1S/C16H19ClN2O2.ClH/c1-10-11-5-4-6-12(17)14(11)21-13(10)15(20)19-16(9-18)7-2-3-8-16;/h4-6H,2-3,7-9,18H2,1H3,(H,19,20);1H. The highest BCUT2D eigenvalue weighted by Crippen LogP contribution is 2.32.